The van der Waals surface area contributed by atoms with Crippen LogP contribution < -0.4 is 32.4 Å². The third-order valence-corrected chi connectivity index (χ3v) is 7.66. The van der Waals surface area contributed by atoms with Crippen LogP contribution in [0.5, 0.6) is 11.5 Å². The van der Waals surface area contributed by atoms with Crippen molar-refractivity contribution in [3.05, 3.63) is 47.1 Å². The van der Waals surface area contributed by atoms with Crippen LogP contribution in [-0.2, 0) is 6.42 Å². The van der Waals surface area contributed by atoms with E-state index in [4.69, 9.17) is 32.4 Å². The lowest BCUT2D eigenvalue weighted by Gasteiger charge is -2.33. The number of benzene rings is 1. The largest absolute Gasteiger partial charge is 0.493 e. The SMILES string of the molecule is C=C(C)[C@@H]1CCC(C)=C[C@H]1c1c(OCCCCCN=C(N)N)cc(CCCCC)cc1OCCCCCN=C(N)N. The molecule has 8 nitrogen and oxygen atoms in total. The molecule has 0 saturated heterocycles. The highest BCUT2D eigenvalue weighted by atomic mass is 16.5. The molecule has 0 aromatic heterocycles. The van der Waals surface area contributed by atoms with E-state index in [1.54, 1.807) is 0 Å². The van der Waals surface area contributed by atoms with E-state index in [2.05, 4.69) is 55.5 Å². The summed E-state index contributed by atoms with van der Waals surface area (Å²) in [6.07, 6.45) is 14.9. The van der Waals surface area contributed by atoms with Crippen LogP contribution in [0, 0.1) is 5.92 Å². The van der Waals surface area contributed by atoms with Crippen molar-refractivity contribution in [2.24, 2.45) is 38.8 Å². The summed E-state index contributed by atoms with van der Waals surface area (Å²) >= 11 is 0. The highest BCUT2D eigenvalue weighted by Gasteiger charge is 2.31. The summed E-state index contributed by atoms with van der Waals surface area (Å²) in [4.78, 5) is 8.18. The van der Waals surface area contributed by atoms with Gasteiger partial charge in [0.05, 0.1) is 13.2 Å². The third-order valence-electron chi connectivity index (χ3n) is 7.66. The topological polar surface area (TPSA) is 147 Å². The average molecular weight is 569 g/mol. The Morgan fingerprint density at radius 1 is 0.854 bits per heavy atom. The van der Waals surface area contributed by atoms with Crippen molar-refractivity contribution >= 4 is 11.9 Å². The van der Waals surface area contributed by atoms with Gasteiger partial charge in [-0.1, -0.05) is 43.6 Å². The second kappa shape index (κ2) is 19.1. The summed E-state index contributed by atoms with van der Waals surface area (Å²) < 4.78 is 13.2. The molecule has 0 spiro atoms. The molecule has 1 aliphatic carbocycles. The lowest BCUT2D eigenvalue weighted by molar-refractivity contribution is 0.279. The van der Waals surface area contributed by atoms with Crippen LogP contribution in [0.3, 0.4) is 0 Å². The Bertz CT molecular complexity index is 974. The fraction of sp³-hybridized carbons (Fsp3) is 0.636. The van der Waals surface area contributed by atoms with Crippen molar-refractivity contribution in [3.63, 3.8) is 0 Å². The smallest absolute Gasteiger partial charge is 0.185 e. The molecule has 1 aliphatic rings. The highest BCUT2D eigenvalue weighted by molar-refractivity contribution is 5.75. The summed E-state index contributed by atoms with van der Waals surface area (Å²) in [5, 5.41) is 0. The van der Waals surface area contributed by atoms with Gasteiger partial charge in [-0.25, -0.2) is 0 Å². The maximum absolute atomic E-state index is 6.59. The highest BCUT2D eigenvalue weighted by Crippen LogP contribution is 2.47. The molecule has 8 heteroatoms. The molecule has 0 fully saturated rings. The van der Waals surface area contributed by atoms with Crippen molar-refractivity contribution < 1.29 is 9.47 Å². The van der Waals surface area contributed by atoms with E-state index in [-0.39, 0.29) is 17.8 Å². The Hall–Kier alpha value is -3.16. The van der Waals surface area contributed by atoms with Gasteiger partial charge in [-0.05, 0) is 102 Å². The Balaban J connectivity index is 2.32. The van der Waals surface area contributed by atoms with Crippen LogP contribution >= 0.6 is 0 Å². The van der Waals surface area contributed by atoms with Crippen LogP contribution in [0.15, 0.2) is 45.9 Å². The first-order valence-corrected chi connectivity index (χ1v) is 15.6. The normalized spacial score (nSPS) is 16.5. The number of hydrogen-bond acceptors (Lipinski definition) is 4. The zero-order valence-corrected chi connectivity index (χ0v) is 25.9. The lowest BCUT2D eigenvalue weighted by atomic mass is 9.73. The Kier molecular flexibility index (Phi) is 15.8. The monoisotopic (exact) mass is 568 g/mol. The predicted molar refractivity (Wildman–Crippen MR) is 174 cm³/mol. The van der Waals surface area contributed by atoms with Crippen LogP contribution in [0.1, 0.15) is 108 Å². The van der Waals surface area contributed by atoms with E-state index in [1.807, 2.05) is 0 Å². The zero-order valence-electron chi connectivity index (χ0n) is 25.9. The van der Waals surface area contributed by atoms with Crippen LogP contribution in [0.25, 0.3) is 0 Å². The molecule has 0 saturated carbocycles. The van der Waals surface area contributed by atoms with Crippen LogP contribution in [-0.4, -0.2) is 38.2 Å². The van der Waals surface area contributed by atoms with Crippen LogP contribution in [0.4, 0.5) is 0 Å². The van der Waals surface area contributed by atoms with Gasteiger partial charge in [-0.15, -0.1) is 0 Å². The molecule has 2 rings (SSSR count). The van der Waals surface area contributed by atoms with Gasteiger partial charge in [0.25, 0.3) is 0 Å². The molecule has 230 valence electrons. The predicted octanol–water partition coefficient (Wildman–Crippen LogP) is 6.08. The van der Waals surface area contributed by atoms with E-state index >= 15 is 0 Å². The van der Waals surface area contributed by atoms with Crippen molar-refractivity contribution in [2.45, 2.75) is 104 Å². The van der Waals surface area contributed by atoms with E-state index < -0.39 is 0 Å². The van der Waals surface area contributed by atoms with Gasteiger partial charge in [-0.3, -0.25) is 9.98 Å². The number of nitrogens with zero attached hydrogens (tertiary/aromatic N) is 2. The molecule has 1 aromatic carbocycles. The number of nitrogens with two attached hydrogens (primary N) is 4. The summed E-state index contributed by atoms with van der Waals surface area (Å²) in [5.41, 5.74) is 26.9. The number of hydrogen-bond donors (Lipinski definition) is 4. The van der Waals surface area contributed by atoms with Gasteiger partial charge < -0.3 is 32.4 Å². The molecule has 0 amide bonds. The van der Waals surface area contributed by atoms with Gasteiger partial charge in [0, 0.05) is 24.6 Å². The third kappa shape index (κ3) is 12.9. The minimum Gasteiger partial charge on any atom is -0.493 e. The molecule has 0 radical (unpaired) electrons. The first-order chi connectivity index (χ1) is 19.7. The second-order valence-electron chi connectivity index (χ2n) is 11.4. The molecule has 2 atom stereocenters. The molecule has 0 unspecified atom stereocenters. The number of aliphatic imine (C=N–C) groups is 2. The molecule has 0 bridgehead atoms. The lowest BCUT2D eigenvalue weighted by Crippen LogP contribution is -2.22. The van der Waals surface area contributed by atoms with Crippen molar-refractivity contribution in [1.29, 1.82) is 0 Å². The van der Waals surface area contributed by atoms with E-state index in [0.29, 0.717) is 32.2 Å². The summed E-state index contributed by atoms with van der Waals surface area (Å²) in [5.74, 6) is 2.74. The first-order valence-electron chi connectivity index (χ1n) is 15.6. The standard InChI is InChI=1S/C33H56N6O2/c1-5-6-9-14-26-22-29(40-19-12-7-10-17-38-32(34)35)31(28-21-25(4)15-16-27(28)24(2)3)30(23-26)41-20-13-8-11-18-39-33(36)37/h21-23,27-28H,2,5-20H2,1,3-4H3,(H4,34,35,38)(H4,36,37,39)/t27-,28+/m0/s1. The van der Waals surface area contributed by atoms with Gasteiger partial charge in [-0.2, -0.15) is 0 Å². The van der Waals surface area contributed by atoms with E-state index in [1.165, 1.54) is 29.6 Å². The van der Waals surface area contributed by atoms with E-state index in [9.17, 15) is 0 Å². The number of allylic oxidation sites excluding steroid dienone is 3. The van der Waals surface area contributed by atoms with Crippen LogP contribution in [0.2, 0.25) is 0 Å². The maximum atomic E-state index is 6.59. The Morgan fingerprint density at radius 2 is 1.41 bits per heavy atom. The van der Waals surface area contributed by atoms with E-state index in [0.717, 1.165) is 81.3 Å². The first kappa shape index (κ1) is 34.0. The molecule has 0 aliphatic heterocycles. The minimum atomic E-state index is 0.148. The molecule has 41 heavy (non-hydrogen) atoms. The quantitative estimate of drug-likeness (QED) is 0.0648. The number of aryl methyl sites for hydroxylation is 1. The number of rotatable bonds is 20. The second-order valence-corrected chi connectivity index (χ2v) is 11.4. The fourth-order valence-electron chi connectivity index (χ4n) is 5.41. The van der Waals surface area contributed by atoms with Gasteiger partial charge in [0.2, 0.25) is 0 Å². The zero-order chi connectivity index (χ0) is 30.0. The summed E-state index contributed by atoms with van der Waals surface area (Å²) in [6.45, 7) is 13.6. The minimum absolute atomic E-state index is 0.148. The van der Waals surface area contributed by atoms with Crippen molar-refractivity contribution in [2.75, 3.05) is 26.3 Å². The summed E-state index contributed by atoms with van der Waals surface area (Å²) in [7, 11) is 0. The molecule has 1 aromatic rings. The Labute approximate surface area is 248 Å². The Morgan fingerprint density at radius 3 is 1.90 bits per heavy atom. The molecular formula is C33H56N6O2. The van der Waals surface area contributed by atoms with Crippen molar-refractivity contribution in [3.8, 4) is 11.5 Å². The van der Waals surface area contributed by atoms with Gasteiger partial charge in [0.15, 0.2) is 11.9 Å². The van der Waals surface area contributed by atoms with Gasteiger partial charge >= 0.3 is 0 Å². The average Bonchev–Trinajstić information content (AvgIpc) is 2.91. The number of ether oxygens (including phenoxy) is 2. The fourth-order valence-corrected chi connectivity index (χ4v) is 5.41. The maximum Gasteiger partial charge on any atom is 0.185 e. The molecule has 0 heterocycles. The van der Waals surface area contributed by atoms with Crippen molar-refractivity contribution in [1.82, 2.24) is 0 Å². The molecular weight excluding hydrogens is 512 g/mol. The summed E-state index contributed by atoms with van der Waals surface area (Å²) in [6, 6.07) is 4.53. The number of unbranched alkanes of at least 4 members (excludes halogenated alkanes) is 6. The van der Waals surface area contributed by atoms with Gasteiger partial charge in [0.1, 0.15) is 11.5 Å². The molecule has 8 N–H and O–H groups in total. The number of guanidine groups is 2.